The highest BCUT2D eigenvalue weighted by Gasteiger charge is 2.50. The van der Waals surface area contributed by atoms with Gasteiger partial charge in [0.2, 0.25) is 0 Å². The Balaban J connectivity index is 1.41. The number of piperazine rings is 1. The van der Waals surface area contributed by atoms with Crippen LogP contribution >= 0.6 is 0 Å². The Hall–Kier alpha value is -1.64. The summed E-state index contributed by atoms with van der Waals surface area (Å²) in [6.07, 6.45) is 2.73. The molecule has 2 fully saturated rings. The molecule has 0 amide bonds. The second-order valence-electron chi connectivity index (χ2n) is 6.83. The van der Waals surface area contributed by atoms with E-state index in [4.69, 9.17) is 0 Å². The van der Waals surface area contributed by atoms with Crippen molar-refractivity contribution in [1.82, 2.24) is 9.80 Å². The van der Waals surface area contributed by atoms with E-state index in [0.29, 0.717) is 5.54 Å². The van der Waals surface area contributed by atoms with Gasteiger partial charge in [-0.1, -0.05) is 60.7 Å². The lowest BCUT2D eigenvalue weighted by molar-refractivity contribution is 0.0490. The molecule has 0 unspecified atom stereocenters. The molecule has 0 aromatic heterocycles. The summed E-state index contributed by atoms with van der Waals surface area (Å²) in [5.74, 6) is 0. The van der Waals surface area contributed by atoms with E-state index in [1.54, 1.807) is 0 Å². The minimum Gasteiger partial charge on any atom is -0.296 e. The second-order valence-corrected chi connectivity index (χ2v) is 6.83. The number of benzene rings is 2. The molecule has 2 heteroatoms. The maximum atomic E-state index is 2.73. The van der Waals surface area contributed by atoms with Crippen molar-refractivity contribution in [3.05, 3.63) is 71.8 Å². The van der Waals surface area contributed by atoms with E-state index in [1.807, 2.05) is 0 Å². The van der Waals surface area contributed by atoms with E-state index in [1.165, 1.54) is 43.6 Å². The van der Waals surface area contributed by atoms with Crippen molar-refractivity contribution in [2.75, 3.05) is 19.6 Å². The van der Waals surface area contributed by atoms with Crippen LogP contribution in [0.4, 0.5) is 0 Å². The molecule has 1 saturated heterocycles. The van der Waals surface area contributed by atoms with Gasteiger partial charge in [-0.2, -0.15) is 0 Å². The summed E-state index contributed by atoms with van der Waals surface area (Å²) in [6, 6.07) is 21.8. The molecular formula is C20H24N2. The van der Waals surface area contributed by atoms with Gasteiger partial charge in [0.1, 0.15) is 0 Å². The quantitative estimate of drug-likeness (QED) is 0.850. The Morgan fingerprint density at radius 2 is 1.32 bits per heavy atom. The average Bonchev–Trinajstić information content (AvgIpc) is 3.32. The molecular weight excluding hydrogens is 268 g/mol. The fourth-order valence-corrected chi connectivity index (χ4v) is 3.74. The third-order valence-electron chi connectivity index (χ3n) is 5.17. The van der Waals surface area contributed by atoms with Crippen LogP contribution < -0.4 is 0 Å². The van der Waals surface area contributed by atoms with E-state index in [0.717, 1.165) is 13.1 Å². The van der Waals surface area contributed by atoms with Crippen molar-refractivity contribution in [2.45, 2.75) is 31.5 Å². The number of hydrogen-bond donors (Lipinski definition) is 0. The van der Waals surface area contributed by atoms with Crippen molar-refractivity contribution >= 4 is 0 Å². The third kappa shape index (κ3) is 2.94. The summed E-state index contributed by atoms with van der Waals surface area (Å²) >= 11 is 0. The molecule has 0 radical (unpaired) electrons. The first kappa shape index (κ1) is 14.0. The molecule has 1 heterocycles. The molecule has 1 aliphatic carbocycles. The topological polar surface area (TPSA) is 6.48 Å². The molecule has 1 spiro atoms. The molecule has 0 bridgehead atoms. The normalized spacial score (nSPS) is 21.1. The van der Waals surface area contributed by atoms with Gasteiger partial charge in [-0.05, 0) is 24.0 Å². The van der Waals surface area contributed by atoms with Crippen molar-refractivity contribution in [3.63, 3.8) is 0 Å². The zero-order chi connectivity index (χ0) is 14.8. The van der Waals surface area contributed by atoms with Gasteiger partial charge in [-0.15, -0.1) is 0 Å². The largest absolute Gasteiger partial charge is 0.296 e. The van der Waals surface area contributed by atoms with Gasteiger partial charge in [0.15, 0.2) is 0 Å². The third-order valence-corrected chi connectivity index (χ3v) is 5.17. The molecule has 4 rings (SSSR count). The average molecular weight is 292 g/mol. The maximum Gasteiger partial charge on any atom is 0.0342 e. The number of rotatable bonds is 4. The summed E-state index contributed by atoms with van der Waals surface area (Å²) in [5.41, 5.74) is 3.35. The highest BCUT2D eigenvalue weighted by atomic mass is 15.3. The summed E-state index contributed by atoms with van der Waals surface area (Å²) in [4.78, 5) is 5.37. The lowest BCUT2D eigenvalue weighted by Gasteiger charge is -2.42. The standard InChI is InChI=1S/C20H24N2/c1-3-7-18(8-4-1)15-21-13-14-22(20(17-21)11-12-20)16-19-9-5-2-6-10-19/h1-10H,11-17H2. The van der Waals surface area contributed by atoms with Gasteiger partial charge >= 0.3 is 0 Å². The molecule has 2 aliphatic rings. The first-order valence-corrected chi connectivity index (χ1v) is 8.39. The first-order valence-electron chi connectivity index (χ1n) is 8.39. The van der Waals surface area contributed by atoms with E-state index in [2.05, 4.69) is 70.5 Å². The first-order chi connectivity index (χ1) is 10.8. The van der Waals surface area contributed by atoms with Crippen LogP contribution in [-0.2, 0) is 13.1 Å². The van der Waals surface area contributed by atoms with Gasteiger partial charge in [0.25, 0.3) is 0 Å². The molecule has 0 N–H and O–H groups in total. The molecule has 2 aromatic rings. The van der Waals surface area contributed by atoms with Crippen LogP contribution in [0.5, 0.6) is 0 Å². The van der Waals surface area contributed by atoms with Gasteiger partial charge in [-0.25, -0.2) is 0 Å². The zero-order valence-electron chi connectivity index (χ0n) is 13.1. The molecule has 2 aromatic carbocycles. The van der Waals surface area contributed by atoms with Crippen LogP contribution in [0, 0.1) is 0 Å². The highest BCUT2D eigenvalue weighted by molar-refractivity contribution is 5.19. The molecule has 22 heavy (non-hydrogen) atoms. The van der Waals surface area contributed by atoms with Crippen LogP contribution in [0.1, 0.15) is 24.0 Å². The van der Waals surface area contributed by atoms with Gasteiger partial charge in [0.05, 0.1) is 0 Å². The second kappa shape index (κ2) is 5.86. The Morgan fingerprint density at radius 1 is 0.727 bits per heavy atom. The van der Waals surface area contributed by atoms with E-state index in [-0.39, 0.29) is 0 Å². The van der Waals surface area contributed by atoms with Crippen LogP contribution in [-0.4, -0.2) is 35.0 Å². The van der Waals surface area contributed by atoms with Gasteiger partial charge in [-0.3, -0.25) is 9.80 Å². The van der Waals surface area contributed by atoms with Crippen molar-refractivity contribution in [3.8, 4) is 0 Å². The van der Waals surface area contributed by atoms with Crippen LogP contribution in [0.15, 0.2) is 60.7 Å². The summed E-state index contributed by atoms with van der Waals surface area (Å²) in [5, 5.41) is 0. The zero-order valence-corrected chi connectivity index (χ0v) is 13.1. The molecule has 1 aliphatic heterocycles. The van der Waals surface area contributed by atoms with Crippen molar-refractivity contribution in [1.29, 1.82) is 0 Å². The Morgan fingerprint density at radius 3 is 1.91 bits per heavy atom. The fraction of sp³-hybridized carbons (Fsp3) is 0.400. The van der Waals surface area contributed by atoms with Crippen molar-refractivity contribution < 1.29 is 0 Å². The minimum atomic E-state index is 0.461. The Bertz CT molecular complexity index is 604. The number of nitrogens with zero attached hydrogens (tertiary/aromatic N) is 2. The highest BCUT2D eigenvalue weighted by Crippen LogP contribution is 2.45. The predicted octanol–water partition coefficient (Wildman–Crippen LogP) is 3.54. The fourth-order valence-electron chi connectivity index (χ4n) is 3.74. The molecule has 114 valence electrons. The summed E-state index contributed by atoms with van der Waals surface area (Å²) in [6.45, 7) is 5.82. The molecule has 2 nitrogen and oxygen atoms in total. The molecule has 0 atom stereocenters. The summed E-state index contributed by atoms with van der Waals surface area (Å²) in [7, 11) is 0. The van der Waals surface area contributed by atoms with Gasteiger partial charge < -0.3 is 0 Å². The van der Waals surface area contributed by atoms with E-state index < -0.39 is 0 Å². The van der Waals surface area contributed by atoms with Gasteiger partial charge in [0, 0.05) is 38.3 Å². The van der Waals surface area contributed by atoms with E-state index in [9.17, 15) is 0 Å². The minimum absolute atomic E-state index is 0.461. The lowest BCUT2D eigenvalue weighted by atomic mass is 10.1. The predicted molar refractivity (Wildman–Crippen MR) is 90.5 cm³/mol. The molecule has 1 saturated carbocycles. The Labute approximate surface area is 133 Å². The van der Waals surface area contributed by atoms with Crippen LogP contribution in [0.25, 0.3) is 0 Å². The smallest absolute Gasteiger partial charge is 0.0342 e. The van der Waals surface area contributed by atoms with Crippen LogP contribution in [0.2, 0.25) is 0 Å². The van der Waals surface area contributed by atoms with Crippen LogP contribution in [0.3, 0.4) is 0 Å². The maximum absolute atomic E-state index is 2.73. The van der Waals surface area contributed by atoms with Crippen molar-refractivity contribution in [2.24, 2.45) is 0 Å². The van der Waals surface area contributed by atoms with E-state index >= 15 is 0 Å². The Kier molecular flexibility index (Phi) is 3.73. The number of hydrogen-bond acceptors (Lipinski definition) is 2. The lowest BCUT2D eigenvalue weighted by Crippen LogP contribution is -2.54. The SMILES string of the molecule is c1ccc(CN2CCN(Cc3ccccc3)C3(CC3)C2)cc1. The summed E-state index contributed by atoms with van der Waals surface area (Å²) < 4.78 is 0. The monoisotopic (exact) mass is 292 g/mol.